The minimum atomic E-state index is -0.415. The van der Waals surface area contributed by atoms with Gasteiger partial charge in [0.25, 0.3) is 0 Å². The first-order valence-corrected chi connectivity index (χ1v) is 7.10. The summed E-state index contributed by atoms with van der Waals surface area (Å²) in [7, 11) is 0. The minimum absolute atomic E-state index is 0.0253. The van der Waals surface area contributed by atoms with E-state index in [-0.39, 0.29) is 18.8 Å². The zero-order chi connectivity index (χ0) is 16.1. The summed E-state index contributed by atoms with van der Waals surface area (Å²) in [6, 6.07) is 15.2. The van der Waals surface area contributed by atoms with E-state index in [4.69, 9.17) is 9.15 Å². The number of hydrogen-bond donors (Lipinski definition) is 0. The van der Waals surface area contributed by atoms with E-state index in [9.17, 15) is 9.18 Å². The van der Waals surface area contributed by atoms with Gasteiger partial charge in [0, 0.05) is 5.56 Å². The third-order valence-corrected chi connectivity index (χ3v) is 3.21. The number of esters is 1. The fraction of sp³-hybridized carbons (Fsp3) is 0.111. The van der Waals surface area contributed by atoms with Gasteiger partial charge in [0.2, 0.25) is 5.89 Å². The summed E-state index contributed by atoms with van der Waals surface area (Å²) in [5.41, 5.74) is 2.08. The van der Waals surface area contributed by atoms with E-state index in [1.54, 1.807) is 12.1 Å². The fourth-order valence-corrected chi connectivity index (χ4v) is 2.04. The highest BCUT2D eigenvalue weighted by molar-refractivity contribution is 5.72. The van der Waals surface area contributed by atoms with Gasteiger partial charge in [-0.05, 0) is 29.8 Å². The monoisotopic (exact) mass is 311 g/mol. The predicted octanol–water partition coefficient (Wildman–Crippen LogP) is 3.77. The van der Waals surface area contributed by atoms with Crippen molar-refractivity contribution in [1.29, 1.82) is 0 Å². The number of carbonyl (C=O) groups excluding carboxylic acids is 1. The van der Waals surface area contributed by atoms with Crippen LogP contribution in [0.25, 0.3) is 11.5 Å². The molecule has 0 fully saturated rings. The zero-order valence-corrected chi connectivity index (χ0v) is 12.2. The molecular formula is C18H14FNO3. The molecule has 1 aromatic heterocycles. The molecule has 4 nitrogen and oxygen atoms in total. The average molecular weight is 311 g/mol. The highest BCUT2D eigenvalue weighted by Crippen LogP contribution is 2.18. The molecule has 0 amide bonds. The first-order valence-electron chi connectivity index (χ1n) is 7.10. The molecule has 0 aliphatic rings. The SMILES string of the molecule is O=C(Cc1coc(-c2ccccc2)n1)OCc1ccc(F)cc1. The molecule has 1 heterocycles. The number of benzene rings is 2. The molecule has 0 N–H and O–H groups in total. The Morgan fingerprint density at radius 1 is 1.09 bits per heavy atom. The Bertz CT molecular complexity index is 782. The molecule has 0 saturated carbocycles. The summed E-state index contributed by atoms with van der Waals surface area (Å²) < 4.78 is 23.3. The Morgan fingerprint density at radius 3 is 2.57 bits per heavy atom. The molecule has 2 aromatic carbocycles. The maximum atomic E-state index is 12.8. The van der Waals surface area contributed by atoms with E-state index in [0.29, 0.717) is 11.6 Å². The van der Waals surface area contributed by atoms with Crippen LogP contribution < -0.4 is 0 Å². The van der Waals surface area contributed by atoms with Gasteiger partial charge in [-0.3, -0.25) is 4.79 Å². The van der Waals surface area contributed by atoms with Crippen molar-refractivity contribution in [2.24, 2.45) is 0 Å². The Hall–Kier alpha value is -2.95. The molecule has 5 heteroatoms. The molecule has 0 radical (unpaired) electrons. The Morgan fingerprint density at radius 2 is 1.83 bits per heavy atom. The number of hydrogen-bond acceptors (Lipinski definition) is 4. The van der Waals surface area contributed by atoms with Crippen molar-refractivity contribution in [1.82, 2.24) is 4.98 Å². The summed E-state index contributed by atoms with van der Waals surface area (Å²) in [5.74, 6) is -0.273. The van der Waals surface area contributed by atoms with Crippen LogP contribution in [0, 0.1) is 5.82 Å². The molecule has 0 aliphatic carbocycles. The van der Waals surface area contributed by atoms with Crippen molar-refractivity contribution < 1.29 is 18.3 Å². The quantitative estimate of drug-likeness (QED) is 0.673. The van der Waals surface area contributed by atoms with Gasteiger partial charge in [-0.25, -0.2) is 9.37 Å². The van der Waals surface area contributed by atoms with E-state index in [1.807, 2.05) is 30.3 Å². The lowest BCUT2D eigenvalue weighted by Crippen LogP contribution is -2.08. The molecule has 0 bridgehead atoms. The lowest BCUT2D eigenvalue weighted by molar-refractivity contribution is -0.144. The molecule has 23 heavy (non-hydrogen) atoms. The highest BCUT2D eigenvalue weighted by atomic mass is 19.1. The van der Waals surface area contributed by atoms with Crippen LogP contribution in [0.5, 0.6) is 0 Å². The molecule has 116 valence electrons. The lowest BCUT2D eigenvalue weighted by Gasteiger charge is -2.03. The normalized spacial score (nSPS) is 10.5. The Labute approximate surface area is 132 Å². The van der Waals surface area contributed by atoms with E-state index >= 15 is 0 Å². The summed E-state index contributed by atoms with van der Waals surface area (Å²) >= 11 is 0. The molecule has 0 saturated heterocycles. The van der Waals surface area contributed by atoms with E-state index in [1.165, 1.54) is 18.4 Å². The molecule has 0 spiro atoms. The van der Waals surface area contributed by atoms with Crippen LogP contribution in [0.2, 0.25) is 0 Å². The van der Waals surface area contributed by atoms with Crippen molar-refractivity contribution >= 4 is 5.97 Å². The first-order chi connectivity index (χ1) is 11.2. The van der Waals surface area contributed by atoms with Gasteiger partial charge in [-0.2, -0.15) is 0 Å². The third kappa shape index (κ3) is 4.03. The summed E-state index contributed by atoms with van der Waals surface area (Å²) in [6.07, 6.45) is 1.47. The number of oxazole rings is 1. The lowest BCUT2D eigenvalue weighted by atomic mass is 10.2. The van der Waals surface area contributed by atoms with Crippen LogP contribution in [-0.4, -0.2) is 11.0 Å². The van der Waals surface area contributed by atoms with Gasteiger partial charge >= 0.3 is 5.97 Å². The molecule has 0 atom stereocenters. The number of aromatic nitrogens is 1. The van der Waals surface area contributed by atoms with Crippen molar-refractivity contribution in [2.45, 2.75) is 13.0 Å². The van der Waals surface area contributed by atoms with Gasteiger partial charge < -0.3 is 9.15 Å². The van der Waals surface area contributed by atoms with Crippen molar-refractivity contribution in [3.8, 4) is 11.5 Å². The van der Waals surface area contributed by atoms with E-state index in [2.05, 4.69) is 4.98 Å². The van der Waals surface area contributed by atoms with Crippen molar-refractivity contribution in [2.75, 3.05) is 0 Å². The zero-order valence-electron chi connectivity index (χ0n) is 12.2. The van der Waals surface area contributed by atoms with Crippen molar-refractivity contribution in [3.05, 3.63) is 77.9 Å². The average Bonchev–Trinajstić information content (AvgIpc) is 3.04. The summed E-state index contributed by atoms with van der Waals surface area (Å²) in [4.78, 5) is 16.1. The minimum Gasteiger partial charge on any atom is -0.461 e. The molecule has 0 unspecified atom stereocenters. The van der Waals surface area contributed by atoms with Crippen LogP contribution in [0.3, 0.4) is 0 Å². The molecule has 3 aromatic rings. The maximum absolute atomic E-state index is 12.8. The number of halogens is 1. The second kappa shape index (κ2) is 6.87. The van der Waals surface area contributed by atoms with Crippen LogP contribution in [0.4, 0.5) is 4.39 Å². The first kappa shape index (κ1) is 15.0. The Kier molecular flexibility index (Phi) is 4.47. The van der Waals surface area contributed by atoms with Gasteiger partial charge in [-0.1, -0.05) is 30.3 Å². The second-order valence-corrected chi connectivity index (χ2v) is 4.97. The topological polar surface area (TPSA) is 52.3 Å². The molecular weight excluding hydrogens is 297 g/mol. The molecule has 0 aliphatic heterocycles. The highest BCUT2D eigenvalue weighted by Gasteiger charge is 2.11. The molecule has 3 rings (SSSR count). The van der Waals surface area contributed by atoms with Crippen molar-refractivity contribution in [3.63, 3.8) is 0 Å². The Balaban J connectivity index is 1.56. The number of ether oxygens (including phenoxy) is 1. The second-order valence-electron chi connectivity index (χ2n) is 4.97. The number of carbonyl (C=O) groups is 1. The van der Waals surface area contributed by atoms with E-state index < -0.39 is 5.97 Å². The van der Waals surface area contributed by atoms with Gasteiger partial charge in [0.15, 0.2) is 0 Å². The number of nitrogens with zero attached hydrogens (tertiary/aromatic N) is 1. The number of rotatable bonds is 5. The van der Waals surface area contributed by atoms with Crippen LogP contribution in [-0.2, 0) is 22.6 Å². The maximum Gasteiger partial charge on any atom is 0.312 e. The van der Waals surface area contributed by atoms with Gasteiger partial charge in [0.1, 0.15) is 18.7 Å². The fourth-order valence-electron chi connectivity index (χ4n) is 2.04. The largest absolute Gasteiger partial charge is 0.461 e. The summed E-state index contributed by atoms with van der Waals surface area (Å²) in [5, 5.41) is 0. The van der Waals surface area contributed by atoms with Gasteiger partial charge in [0.05, 0.1) is 12.1 Å². The summed E-state index contributed by atoms with van der Waals surface area (Å²) in [6.45, 7) is 0.0997. The van der Waals surface area contributed by atoms with Crippen LogP contribution in [0.1, 0.15) is 11.3 Å². The van der Waals surface area contributed by atoms with Gasteiger partial charge in [-0.15, -0.1) is 0 Å². The smallest absolute Gasteiger partial charge is 0.312 e. The third-order valence-electron chi connectivity index (χ3n) is 3.21. The predicted molar refractivity (Wildman–Crippen MR) is 81.8 cm³/mol. The van der Waals surface area contributed by atoms with E-state index in [0.717, 1.165) is 11.1 Å². The van der Waals surface area contributed by atoms with Crippen LogP contribution in [0.15, 0.2) is 65.3 Å². The van der Waals surface area contributed by atoms with Crippen LogP contribution >= 0.6 is 0 Å². The standard InChI is InChI=1S/C18H14FNO3/c19-15-8-6-13(7-9-15)11-22-17(21)10-16-12-23-18(20-16)14-4-2-1-3-5-14/h1-9,12H,10-11H2.